The predicted octanol–water partition coefficient (Wildman–Crippen LogP) is 1.82. The monoisotopic (exact) mass is 385 g/mol. The van der Waals surface area contributed by atoms with E-state index in [2.05, 4.69) is 4.98 Å². The first-order valence-electron chi connectivity index (χ1n) is 8.55. The second kappa shape index (κ2) is 8.03. The van der Waals surface area contributed by atoms with Gasteiger partial charge in [0.25, 0.3) is 10.2 Å². The Morgan fingerprint density at radius 3 is 2.44 bits per heavy atom. The third kappa shape index (κ3) is 4.33. The Morgan fingerprint density at radius 2 is 1.80 bits per heavy atom. The third-order valence-corrected chi connectivity index (χ3v) is 8.11. The molecule has 3 rings (SSSR count). The SMILES string of the molecule is O=C(O)[C@H]1CCCCN1S(=O)(=O)N1CCC(Sc2ccncc2)CC1. The van der Waals surface area contributed by atoms with Gasteiger partial charge in [0.15, 0.2) is 0 Å². The summed E-state index contributed by atoms with van der Waals surface area (Å²) in [5, 5.41) is 9.71. The summed E-state index contributed by atoms with van der Waals surface area (Å²) >= 11 is 1.75. The van der Waals surface area contributed by atoms with Crippen molar-refractivity contribution >= 4 is 27.9 Å². The van der Waals surface area contributed by atoms with Gasteiger partial charge >= 0.3 is 5.97 Å². The van der Waals surface area contributed by atoms with Crippen molar-refractivity contribution in [3.05, 3.63) is 24.5 Å². The number of piperidine rings is 2. The number of aliphatic carboxylic acids is 1. The van der Waals surface area contributed by atoms with E-state index in [4.69, 9.17) is 0 Å². The molecule has 0 bridgehead atoms. The summed E-state index contributed by atoms with van der Waals surface area (Å²) in [6, 6.07) is 2.99. The molecule has 2 aliphatic heterocycles. The lowest BCUT2D eigenvalue weighted by molar-refractivity contribution is -0.142. The molecule has 0 saturated carbocycles. The van der Waals surface area contributed by atoms with Crippen LogP contribution in [0.25, 0.3) is 0 Å². The van der Waals surface area contributed by atoms with Crippen LogP contribution in [0.15, 0.2) is 29.4 Å². The Hall–Kier alpha value is -1.16. The molecule has 0 spiro atoms. The Balaban J connectivity index is 1.62. The number of rotatable bonds is 5. The van der Waals surface area contributed by atoms with E-state index in [-0.39, 0.29) is 0 Å². The van der Waals surface area contributed by atoms with E-state index >= 15 is 0 Å². The summed E-state index contributed by atoms with van der Waals surface area (Å²) in [4.78, 5) is 16.6. The van der Waals surface area contributed by atoms with Crippen LogP contribution in [0.3, 0.4) is 0 Å². The lowest BCUT2D eigenvalue weighted by Crippen LogP contribution is -2.54. The molecule has 0 amide bonds. The highest BCUT2D eigenvalue weighted by Gasteiger charge is 2.41. The number of hydrogen-bond acceptors (Lipinski definition) is 5. The van der Waals surface area contributed by atoms with Crippen molar-refractivity contribution in [1.82, 2.24) is 13.6 Å². The van der Waals surface area contributed by atoms with E-state index in [1.165, 1.54) is 8.61 Å². The minimum absolute atomic E-state index is 0.297. The van der Waals surface area contributed by atoms with Gasteiger partial charge in [-0.15, -0.1) is 11.8 Å². The van der Waals surface area contributed by atoms with Gasteiger partial charge in [0, 0.05) is 42.2 Å². The van der Waals surface area contributed by atoms with Gasteiger partial charge in [-0.05, 0) is 44.2 Å². The van der Waals surface area contributed by atoms with Crippen LogP contribution < -0.4 is 0 Å². The smallest absolute Gasteiger partial charge is 0.322 e. The molecule has 2 saturated heterocycles. The van der Waals surface area contributed by atoms with Crippen molar-refractivity contribution in [3.8, 4) is 0 Å². The molecule has 1 atom stereocenters. The summed E-state index contributed by atoms with van der Waals surface area (Å²) in [5.41, 5.74) is 0. The molecule has 1 aromatic rings. The second-order valence-corrected chi connectivity index (χ2v) is 9.62. The zero-order valence-electron chi connectivity index (χ0n) is 14.0. The molecule has 9 heteroatoms. The van der Waals surface area contributed by atoms with E-state index < -0.39 is 22.2 Å². The minimum atomic E-state index is -3.71. The predicted molar refractivity (Wildman–Crippen MR) is 95.6 cm³/mol. The van der Waals surface area contributed by atoms with Gasteiger partial charge in [-0.25, -0.2) is 0 Å². The van der Waals surface area contributed by atoms with Gasteiger partial charge in [0.1, 0.15) is 6.04 Å². The maximum absolute atomic E-state index is 12.9. The van der Waals surface area contributed by atoms with Crippen LogP contribution in [0.4, 0.5) is 0 Å². The van der Waals surface area contributed by atoms with Gasteiger partial charge in [-0.2, -0.15) is 17.0 Å². The quantitative estimate of drug-likeness (QED) is 0.831. The molecule has 7 nitrogen and oxygen atoms in total. The molecule has 0 aliphatic carbocycles. The average molecular weight is 386 g/mol. The Kier molecular flexibility index (Phi) is 5.98. The number of carbonyl (C=O) groups is 1. The molecule has 0 aromatic carbocycles. The first-order chi connectivity index (χ1) is 12.0. The van der Waals surface area contributed by atoms with E-state index in [0.717, 1.165) is 30.6 Å². The molecule has 138 valence electrons. The van der Waals surface area contributed by atoms with Crippen molar-refractivity contribution in [2.24, 2.45) is 0 Å². The Labute approximate surface area is 152 Å². The van der Waals surface area contributed by atoms with Crippen LogP contribution in [0.1, 0.15) is 32.1 Å². The van der Waals surface area contributed by atoms with Crippen molar-refractivity contribution in [2.45, 2.75) is 48.3 Å². The van der Waals surface area contributed by atoms with Gasteiger partial charge in [0.2, 0.25) is 0 Å². The standard InChI is InChI=1S/C16H23N3O4S2/c20-16(21)15-3-1-2-10-19(15)25(22,23)18-11-6-14(7-12-18)24-13-4-8-17-9-5-13/h4-5,8-9,14-15H,1-3,6-7,10-12H2,(H,20,21)/t15-/m1/s1. The fourth-order valence-corrected chi connectivity index (χ4v) is 6.32. The van der Waals surface area contributed by atoms with Crippen LogP contribution in [-0.4, -0.2) is 64.0 Å². The van der Waals surface area contributed by atoms with Crippen molar-refractivity contribution < 1.29 is 18.3 Å². The number of thioether (sulfide) groups is 1. The number of pyridine rings is 1. The van der Waals surface area contributed by atoms with Crippen LogP contribution >= 0.6 is 11.8 Å². The van der Waals surface area contributed by atoms with Crippen molar-refractivity contribution in [2.75, 3.05) is 19.6 Å². The molecule has 1 N–H and O–H groups in total. The number of carboxylic acids is 1. The topological polar surface area (TPSA) is 90.8 Å². The molecule has 0 unspecified atom stereocenters. The molecule has 3 heterocycles. The lowest BCUT2D eigenvalue weighted by atomic mass is 10.1. The highest BCUT2D eigenvalue weighted by molar-refractivity contribution is 8.00. The molecular weight excluding hydrogens is 362 g/mol. The van der Waals surface area contributed by atoms with Gasteiger partial charge in [0.05, 0.1) is 0 Å². The molecule has 2 aliphatic rings. The number of aromatic nitrogens is 1. The van der Waals surface area contributed by atoms with Crippen LogP contribution in [0.5, 0.6) is 0 Å². The second-order valence-electron chi connectivity index (χ2n) is 6.37. The van der Waals surface area contributed by atoms with Crippen molar-refractivity contribution in [3.63, 3.8) is 0 Å². The van der Waals surface area contributed by atoms with E-state index in [1.807, 2.05) is 12.1 Å². The normalized spacial score (nSPS) is 24.2. The molecule has 25 heavy (non-hydrogen) atoms. The fraction of sp³-hybridized carbons (Fsp3) is 0.625. The first kappa shape index (κ1) is 18.6. The first-order valence-corrected chi connectivity index (χ1v) is 10.8. The van der Waals surface area contributed by atoms with Crippen LogP contribution in [0, 0.1) is 0 Å². The largest absolute Gasteiger partial charge is 0.480 e. The number of carboxylic acid groups (broad SMARTS) is 1. The molecule has 0 radical (unpaired) electrons. The Morgan fingerprint density at radius 1 is 1.12 bits per heavy atom. The van der Waals surface area contributed by atoms with Gasteiger partial charge in [-0.1, -0.05) is 0 Å². The highest BCUT2D eigenvalue weighted by atomic mass is 32.2. The van der Waals surface area contributed by atoms with Crippen LogP contribution in [0.2, 0.25) is 0 Å². The molecule has 2 fully saturated rings. The van der Waals surface area contributed by atoms with Crippen LogP contribution in [-0.2, 0) is 15.0 Å². The lowest BCUT2D eigenvalue weighted by Gasteiger charge is -2.38. The summed E-state index contributed by atoms with van der Waals surface area (Å²) in [6.07, 6.45) is 6.90. The maximum atomic E-state index is 12.9. The zero-order valence-corrected chi connectivity index (χ0v) is 15.6. The van der Waals surface area contributed by atoms with E-state index in [1.54, 1.807) is 24.2 Å². The average Bonchev–Trinajstić information content (AvgIpc) is 2.63. The van der Waals surface area contributed by atoms with Crippen molar-refractivity contribution in [1.29, 1.82) is 0 Å². The number of nitrogens with zero attached hydrogens (tertiary/aromatic N) is 3. The van der Waals surface area contributed by atoms with Gasteiger partial charge < -0.3 is 5.11 Å². The summed E-state index contributed by atoms with van der Waals surface area (Å²) in [7, 11) is -3.71. The zero-order chi connectivity index (χ0) is 17.9. The maximum Gasteiger partial charge on any atom is 0.322 e. The molecular formula is C16H23N3O4S2. The highest BCUT2D eigenvalue weighted by Crippen LogP contribution is 2.32. The van der Waals surface area contributed by atoms with E-state index in [0.29, 0.717) is 31.3 Å². The Bertz CT molecular complexity index is 691. The fourth-order valence-electron chi connectivity index (χ4n) is 3.37. The summed E-state index contributed by atoms with van der Waals surface area (Å²) in [5.74, 6) is -1.05. The summed E-state index contributed by atoms with van der Waals surface area (Å²) in [6.45, 7) is 1.17. The third-order valence-electron chi connectivity index (χ3n) is 4.71. The number of hydrogen-bond donors (Lipinski definition) is 1. The molecule has 1 aromatic heterocycles. The van der Waals surface area contributed by atoms with Gasteiger partial charge in [-0.3, -0.25) is 9.78 Å². The summed E-state index contributed by atoms with van der Waals surface area (Å²) < 4.78 is 28.4. The minimum Gasteiger partial charge on any atom is -0.480 e. The van der Waals surface area contributed by atoms with E-state index in [9.17, 15) is 18.3 Å².